The number of rotatable bonds is 6. The van der Waals surface area contributed by atoms with Gasteiger partial charge in [0, 0.05) is 24.5 Å². The zero-order valence-corrected chi connectivity index (χ0v) is 14.3. The Bertz CT molecular complexity index is 955. The molecular formula is C20H17F2N3O2. The second kappa shape index (κ2) is 8.27. The van der Waals surface area contributed by atoms with E-state index in [1.165, 1.54) is 6.07 Å². The SMILES string of the molecule is O=C(CNC(=O)c1cccn1Cc1ccccc1)Nc1ccc(F)c(F)c1. The quantitative estimate of drug-likeness (QED) is 0.701. The van der Waals surface area contributed by atoms with Gasteiger partial charge in [-0.05, 0) is 29.8 Å². The van der Waals surface area contributed by atoms with E-state index in [2.05, 4.69) is 10.6 Å². The molecule has 0 radical (unpaired) electrons. The Morgan fingerprint density at radius 1 is 0.926 bits per heavy atom. The van der Waals surface area contributed by atoms with Crippen molar-refractivity contribution in [3.8, 4) is 0 Å². The number of hydrogen-bond acceptors (Lipinski definition) is 2. The van der Waals surface area contributed by atoms with Gasteiger partial charge >= 0.3 is 0 Å². The normalized spacial score (nSPS) is 10.4. The molecule has 138 valence electrons. The molecule has 1 aromatic heterocycles. The molecule has 2 amide bonds. The van der Waals surface area contributed by atoms with E-state index in [4.69, 9.17) is 0 Å². The maximum absolute atomic E-state index is 13.2. The molecular weight excluding hydrogens is 352 g/mol. The van der Waals surface area contributed by atoms with Crippen LogP contribution in [-0.4, -0.2) is 22.9 Å². The lowest BCUT2D eigenvalue weighted by molar-refractivity contribution is -0.115. The Hall–Kier alpha value is -3.48. The molecule has 0 aliphatic rings. The van der Waals surface area contributed by atoms with Crippen molar-refractivity contribution in [3.05, 3.63) is 89.8 Å². The maximum atomic E-state index is 13.2. The number of halogens is 2. The zero-order chi connectivity index (χ0) is 19.2. The standard InChI is InChI=1S/C20H17F2N3O2/c21-16-9-8-15(11-17(16)22)24-19(26)12-23-20(27)18-7-4-10-25(18)13-14-5-2-1-3-6-14/h1-11H,12-13H2,(H,23,27)(H,24,26). The van der Waals surface area contributed by atoms with Crippen LogP contribution in [-0.2, 0) is 11.3 Å². The average molecular weight is 369 g/mol. The first-order chi connectivity index (χ1) is 13.0. The number of carbonyl (C=O) groups excluding carboxylic acids is 2. The fraction of sp³-hybridized carbons (Fsp3) is 0.100. The molecule has 0 aliphatic heterocycles. The molecule has 0 spiro atoms. The van der Waals surface area contributed by atoms with Crippen molar-refractivity contribution in [1.29, 1.82) is 0 Å². The van der Waals surface area contributed by atoms with Crippen LogP contribution in [0.15, 0.2) is 66.9 Å². The number of nitrogens with one attached hydrogen (secondary N) is 2. The molecule has 0 unspecified atom stereocenters. The minimum absolute atomic E-state index is 0.112. The number of amides is 2. The smallest absolute Gasteiger partial charge is 0.268 e. The van der Waals surface area contributed by atoms with Gasteiger partial charge in [-0.3, -0.25) is 9.59 Å². The van der Waals surface area contributed by atoms with E-state index in [1.807, 2.05) is 30.3 Å². The number of benzene rings is 2. The molecule has 0 saturated carbocycles. The second-order valence-electron chi connectivity index (χ2n) is 5.87. The number of anilines is 1. The number of carbonyl (C=O) groups is 2. The van der Waals surface area contributed by atoms with Crippen molar-refractivity contribution in [1.82, 2.24) is 9.88 Å². The minimum Gasteiger partial charge on any atom is -0.342 e. The Balaban J connectivity index is 1.57. The van der Waals surface area contributed by atoms with Gasteiger partial charge in [-0.2, -0.15) is 0 Å². The van der Waals surface area contributed by atoms with Crippen LogP contribution < -0.4 is 10.6 Å². The number of nitrogens with zero attached hydrogens (tertiary/aromatic N) is 1. The van der Waals surface area contributed by atoms with Crippen molar-refractivity contribution in [2.24, 2.45) is 0 Å². The molecule has 0 aliphatic carbocycles. The van der Waals surface area contributed by atoms with E-state index in [0.29, 0.717) is 12.2 Å². The number of hydrogen-bond donors (Lipinski definition) is 2. The molecule has 0 atom stereocenters. The lowest BCUT2D eigenvalue weighted by Gasteiger charge is -2.10. The molecule has 2 aromatic carbocycles. The first kappa shape index (κ1) is 18.3. The van der Waals surface area contributed by atoms with Gasteiger partial charge in [-0.1, -0.05) is 30.3 Å². The third-order valence-electron chi connectivity index (χ3n) is 3.87. The molecule has 1 heterocycles. The van der Waals surface area contributed by atoms with E-state index in [-0.39, 0.29) is 12.2 Å². The maximum Gasteiger partial charge on any atom is 0.268 e. The highest BCUT2D eigenvalue weighted by molar-refractivity contribution is 5.98. The van der Waals surface area contributed by atoms with Crippen LogP contribution in [0, 0.1) is 11.6 Å². The molecule has 0 fully saturated rings. The van der Waals surface area contributed by atoms with E-state index < -0.39 is 23.4 Å². The summed E-state index contributed by atoms with van der Waals surface area (Å²) in [6.07, 6.45) is 1.78. The topological polar surface area (TPSA) is 63.1 Å². The molecule has 3 aromatic rings. The third-order valence-corrected chi connectivity index (χ3v) is 3.87. The highest BCUT2D eigenvalue weighted by atomic mass is 19.2. The fourth-order valence-corrected chi connectivity index (χ4v) is 2.57. The Morgan fingerprint density at radius 3 is 2.44 bits per heavy atom. The van der Waals surface area contributed by atoms with Crippen molar-refractivity contribution in [3.63, 3.8) is 0 Å². The summed E-state index contributed by atoms with van der Waals surface area (Å²) in [6, 6.07) is 16.1. The lowest BCUT2D eigenvalue weighted by Crippen LogP contribution is -2.34. The Morgan fingerprint density at radius 2 is 1.70 bits per heavy atom. The van der Waals surface area contributed by atoms with E-state index in [0.717, 1.165) is 17.7 Å². The van der Waals surface area contributed by atoms with Crippen LogP contribution in [0.3, 0.4) is 0 Å². The fourth-order valence-electron chi connectivity index (χ4n) is 2.57. The summed E-state index contributed by atoms with van der Waals surface area (Å²) in [5.41, 5.74) is 1.57. The molecule has 0 saturated heterocycles. The molecule has 0 bridgehead atoms. The van der Waals surface area contributed by atoms with Gasteiger partial charge in [-0.15, -0.1) is 0 Å². The van der Waals surface area contributed by atoms with Crippen LogP contribution in [0.4, 0.5) is 14.5 Å². The third kappa shape index (κ3) is 4.78. The Kier molecular flexibility index (Phi) is 5.61. The highest BCUT2D eigenvalue weighted by Crippen LogP contribution is 2.13. The summed E-state index contributed by atoms with van der Waals surface area (Å²) < 4.78 is 27.8. The van der Waals surface area contributed by atoms with Gasteiger partial charge in [0.1, 0.15) is 5.69 Å². The molecule has 27 heavy (non-hydrogen) atoms. The average Bonchev–Trinajstić information content (AvgIpc) is 3.12. The second-order valence-corrected chi connectivity index (χ2v) is 5.87. The van der Waals surface area contributed by atoms with Gasteiger partial charge in [0.25, 0.3) is 5.91 Å². The van der Waals surface area contributed by atoms with E-state index in [1.54, 1.807) is 22.9 Å². The summed E-state index contributed by atoms with van der Waals surface area (Å²) in [6.45, 7) is 0.228. The summed E-state index contributed by atoms with van der Waals surface area (Å²) in [5, 5.41) is 4.92. The van der Waals surface area contributed by atoms with Crippen molar-refractivity contribution in [2.45, 2.75) is 6.54 Å². The first-order valence-corrected chi connectivity index (χ1v) is 8.25. The van der Waals surface area contributed by atoms with Gasteiger partial charge < -0.3 is 15.2 Å². The summed E-state index contributed by atoms with van der Waals surface area (Å²) in [4.78, 5) is 24.3. The van der Waals surface area contributed by atoms with Gasteiger partial charge in [0.2, 0.25) is 5.91 Å². The van der Waals surface area contributed by atoms with Gasteiger partial charge in [0.05, 0.1) is 6.54 Å². The largest absolute Gasteiger partial charge is 0.342 e. The van der Waals surface area contributed by atoms with Gasteiger partial charge in [-0.25, -0.2) is 8.78 Å². The predicted octanol–water partition coefficient (Wildman–Crippen LogP) is 3.18. The molecule has 7 heteroatoms. The summed E-state index contributed by atoms with van der Waals surface area (Å²) in [5.74, 6) is -3.01. The van der Waals surface area contributed by atoms with E-state index >= 15 is 0 Å². The van der Waals surface area contributed by atoms with Crippen molar-refractivity contribution >= 4 is 17.5 Å². The monoisotopic (exact) mass is 369 g/mol. The van der Waals surface area contributed by atoms with Crippen LogP contribution in [0.2, 0.25) is 0 Å². The molecule has 3 rings (SSSR count). The summed E-state index contributed by atoms with van der Waals surface area (Å²) >= 11 is 0. The van der Waals surface area contributed by atoms with Crippen LogP contribution in [0.5, 0.6) is 0 Å². The van der Waals surface area contributed by atoms with Crippen molar-refractivity contribution < 1.29 is 18.4 Å². The van der Waals surface area contributed by atoms with Crippen LogP contribution >= 0.6 is 0 Å². The molecule has 5 nitrogen and oxygen atoms in total. The van der Waals surface area contributed by atoms with Crippen LogP contribution in [0.1, 0.15) is 16.1 Å². The highest BCUT2D eigenvalue weighted by Gasteiger charge is 2.13. The minimum atomic E-state index is -1.06. The summed E-state index contributed by atoms with van der Waals surface area (Å²) in [7, 11) is 0. The van der Waals surface area contributed by atoms with Gasteiger partial charge in [0.15, 0.2) is 11.6 Å². The van der Waals surface area contributed by atoms with Crippen molar-refractivity contribution in [2.75, 3.05) is 11.9 Å². The van der Waals surface area contributed by atoms with E-state index in [9.17, 15) is 18.4 Å². The first-order valence-electron chi connectivity index (χ1n) is 8.25. The molecule has 2 N–H and O–H groups in total. The lowest BCUT2D eigenvalue weighted by atomic mass is 10.2. The predicted molar refractivity (Wildman–Crippen MR) is 97.3 cm³/mol. The Labute approximate surface area is 154 Å². The number of aromatic nitrogens is 1. The zero-order valence-electron chi connectivity index (χ0n) is 14.3. The van der Waals surface area contributed by atoms with Crippen LogP contribution in [0.25, 0.3) is 0 Å².